The van der Waals surface area contributed by atoms with Gasteiger partial charge in [0.2, 0.25) is 0 Å². The number of nitrogens with zero attached hydrogens (tertiary/aromatic N) is 1. The van der Waals surface area contributed by atoms with Crippen LogP contribution in [0.4, 0.5) is 0 Å². The average Bonchev–Trinajstić information content (AvgIpc) is 2.45. The minimum atomic E-state index is 0.248. The molecule has 0 saturated carbocycles. The highest BCUT2D eigenvalue weighted by Gasteiger charge is 2.17. The van der Waals surface area contributed by atoms with Crippen LogP contribution in [-0.4, -0.2) is 10.8 Å². The normalized spacial score (nSPS) is 13.9. The first kappa shape index (κ1) is 12.9. The van der Waals surface area contributed by atoms with Gasteiger partial charge in [-0.3, -0.25) is 9.78 Å². The molecule has 102 valence electrons. The Kier molecular flexibility index (Phi) is 3.50. The van der Waals surface area contributed by atoms with Crippen LogP contribution in [0.25, 0.3) is 0 Å². The van der Waals surface area contributed by atoms with E-state index >= 15 is 0 Å². The molecule has 0 N–H and O–H groups in total. The summed E-state index contributed by atoms with van der Waals surface area (Å²) in [5.41, 5.74) is 3.87. The molecule has 0 saturated heterocycles. The molecule has 3 nitrogen and oxygen atoms in total. The minimum absolute atomic E-state index is 0.248. The first-order valence-electron chi connectivity index (χ1n) is 6.94. The monoisotopic (exact) mass is 267 g/mol. The van der Waals surface area contributed by atoms with Gasteiger partial charge in [0.1, 0.15) is 12.4 Å². The fourth-order valence-electron chi connectivity index (χ4n) is 2.55. The number of aromatic nitrogens is 1. The van der Waals surface area contributed by atoms with Gasteiger partial charge in [-0.25, -0.2) is 0 Å². The summed E-state index contributed by atoms with van der Waals surface area (Å²) in [4.78, 5) is 16.2. The van der Waals surface area contributed by atoms with E-state index in [9.17, 15) is 4.79 Å². The standard InChI is InChI=1S/C17H17NO2/c1-12-4-2-6-14(18-12)11-20-15-8-9-16-13(10-15)5-3-7-17(16)19/h2,4,6,8-10H,3,5,7,11H2,1H3. The maximum absolute atomic E-state index is 11.8. The van der Waals surface area contributed by atoms with E-state index < -0.39 is 0 Å². The van der Waals surface area contributed by atoms with Crippen LogP contribution in [0.15, 0.2) is 36.4 Å². The Balaban J connectivity index is 1.74. The van der Waals surface area contributed by atoms with E-state index in [0.717, 1.165) is 41.1 Å². The summed E-state index contributed by atoms with van der Waals surface area (Å²) in [6.07, 6.45) is 2.57. The largest absolute Gasteiger partial charge is 0.487 e. The maximum atomic E-state index is 11.8. The fourth-order valence-corrected chi connectivity index (χ4v) is 2.55. The summed E-state index contributed by atoms with van der Waals surface area (Å²) in [5.74, 6) is 1.06. The molecule has 0 unspecified atom stereocenters. The summed E-state index contributed by atoms with van der Waals surface area (Å²) in [7, 11) is 0. The molecule has 1 aliphatic carbocycles. The number of benzene rings is 1. The van der Waals surface area contributed by atoms with Crippen LogP contribution < -0.4 is 4.74 Å². The Morgan fingerprint density at radius 2 is 2.10 bits per heavy atom. The number of aryl methyl sites for hydroxylation is 2. The third-order valence-corrected chi connectivity index (χ3v) is 3.56. The zero-order valence-corrected chi connectivity index (χ0v) is 11.6. The molecular formula is C17H17NO2. The maximum Gasteiger partial charge on any atom is 0.163 e. The third kappa shape index (κ3) is 2.72. The Labute approximate surface area is 118 Å². The Hall–Kier alpha value is -2.16. The first-order valence-corrected chi connectivity index (χ1v) is 6.94. The second kappa shape index (κ2) is 5.45. The van der Waals surface area contributed by atoms with Crippen molar-refractivity contribution in [3.8, 4) is 5.75 Å². The van der Waals surface area contributed by atoms with Crippen LogP contribution in [-0.2, 0) is 13.0 Å². The van der Waals surface area contributed by atoms with Crippen LogP contribution in [0.1, 0.15) is 40.2 Å². The Bertz CT molecular complexity index is 649. The number of hydrogen-bond acceptors (Lipinski definition) is 3. The van der Waals surface area contributed by atoms with Crippen molar-refractivity contribution in [2.45, 2.75) is 32.8 Å². The molecule has 1 heterocycles. The van der Waals surface area contributed by atoms with Gasteiger partial charge in [0.05, 0.1) is 5.69 Å². The van der Waals surface area contributed by atoms with E-state index in [0.29, 0.717) is 13.0 Å². The minimum Gasteiger partial charge on any atom is -0.487 e. The van der Waals surface area contributed by atoms with Gasteiger partial charge >= 0.3 is 0 Å². The van der Waals surface area contributed by atoms with Crippen LogP contribution in [0.5, 0.6) is 5.75 Å². The van der Waals surface area contributed by atoms with E-state index in [1.54, 1.807) is 0 Å². The second-order valence-electron chi connectivity index (χ2n) is 5.15. The topological polar surface area (TPSA) is 39.2 Å². The van der Waals surface area contributed by atoms with Crippen molar-refractivity contribution in [1.82, 2.24) is 4.98 Å². The molecule has 0 amide bonds. The average molecular weight is 267 g/mol. The van der Waals surface area contributed by atoms with Crippen molar-refractivity contribution >= 4 is 5.78 Å². The smallest absolute Gasteiger partial charge is 0.163 e. The van der Waals surface area contributed by atoms with Crippen molar-refractivity contribution in [2.75, 3.05) is 0 Å². The SMILES string of the molecule is Cc1cccc(COc2ccc3c(c2)CCCC3=O)n1. The number of carbonyl (C=O) groups excluding carboxylic acids is 1. The predicted molar refractivity (Wildman–Crippen MR) is 77.0 cm³/mol. The Morgan fingerprint density at radius 1 is 1.20 bits per heavy atom. The van der Waals surface area contributed by atoms with E-state index in [4.69, 9.17) is 4.74 Å². The Morgan fingerprint density at radius 3 is 2.95 bits per heavy atom. The summed E-state index contributed by atoms with van der Waals surface area (Å²) in [6.45, 7) is 2.42. The molecule has 20 heavy (non-hydrogen) atoms. The number of rotatable bonds is 3. The first-order chi connectivity index (χ1) is 9.72. The summed E-state index contributed by atoms with van der Waals surface area (Å²) < 4.78 is 5.77. The number of ketones is 1. The quantitative estimate of drug-likeness (QED) is 0.854. The molecule has 0 fully saturated rings. The van der Waals surface area contributed by atoms with Gasteiger partial charge in [0.15, 0.2) is 5.78 Å². The van der Waals surface area contributed by atoms with E-state index in [1.165, 1.54) is 0 Å². The predicted octanol–water partition coefficient (Wildman–Crippen LogP) is 3.49. The lowest BCUT2D eigenvalue weighted by Gasteiger charge is -2.16. The van der Waals surface area contributed by atoms with Gasteiger partial charge in [-0.2, -0.15) is 0 Å². The number of fused-ring (bicyclic) bond motifs is 1. The molecule has 3 rings (SSSR count). The molecule has 2 aromatic rings. The molecule has 0 aliphatic heterocycles. The number of ether oxygens (including phenoxy) is 1. The van der Waals surface area contributed by atoms with E-state index in [2.05, 4.69) is 4.98 Å². The second-order valence-corrected chi connectivity index (χ2v) is 5.15. The summed E-state index contributed by atoms with van der Waals surface area (Å²) >= 11 is 0. The van der Waals surface area contributed by atoms with Crippen molar-refractivity contribution in [3.63, 3.8) is 0 Å². The highest BCUT2D eigenvalue weighted by molar-refractivity contribution is 5.98. The van der Waals surface area contributed by atoms with Crippen LogP contribution in [0.2, 0.25) is 0 Å². The molecule has 1 aromatic carbocycles. The molecule has 0 atom stereocenters. The van der Waals surface area contributed by atoms with Gasteiger partial charge in [-0.15, -0.1) is 0 Å². The van der Waals surface area contributed by atoms with Crippen molar-refractivity contribution in [3.05, 3.63) is 58.9 Å². The lowest BCUT2D eigenvalue weighted by molar-refractivity contribution is 0.0972. The summed E-state index contributed by atoms with van der Waals surface area (Å²) in [6, 6.07) is 11.6. The molecule has 0 bridgehead atoms. The molecule has 1 aliphatic rings. The highest BCUT2D eigenvalue weighted by atomic mass is 16.5. The van der Waals surface area contributed by atoms with Crippen molar-refractivity contribution < 1.29 is 9.53 Å². The number of Topliss-reactive ketones (excluding diaryl/α,β-unsaturated/α-hetero) is 1. The number of pyridine rings is 1. The lowest BCUT2D eigenvalue weighted by Crippen LogP contribution is -2.10. The van der Waals surface area contributed by atoms with Crippen LogP contribution in [0, 0.1) is 6.92 Å². The van der Waals surface area contributed by atoms with Gasteiger partial charge in [0, 0.05) is 17.7 Å². The fraction of sp³-hybridized carbons (Fsp3) is 0.294. The zero-order valence-electron chi connectivity index (χ0n) is 11.6. The molecule has 1 aromatic heterocycles. The van der Waals surface area contributed by atoms with Crippen molar-refractivity contribution in [2.24, 2.45) is 0 Å². The highest BCUT2D eigenvalue weighted by Crippen LogP contribution is 2.25. The molecule has 0 radical (unpaired) electrons. The number of carbonyl (C=O) groups is 1. The van der Waals surface area contributed by atoms with Gasteiger partial charge in [-0.05, 0) is 55.7 Å². The van der Waals surface area contributed by atoms with Gasteiger partial charge in [-0.1, -0.05) is 6.07 Å². The van der Waals surface area contributed by atoms with Gasteiger partial charge in [0.25, 0.3) is 0 Å². The molecule has 0 spiro atoms. The number of hydrogen-bond donors (Lipinski definition) is 0. The van der Waals surface area contributed by atoms with Crippen LogP contribution >= 0.6 is 0 Å². The summed E-state index contributed by atoms with van der Waals surface area (Å²) in [5, 5.41) is 0. The van der Waals surface area contributed by atoms with E-state index in [1.807, 2.05) is 43.3 Å². The molecule has 3 heteroatoms. The van der Waals surface area contributed by atoms with Crippen LogP contribution in [0.3, 0.4) is 0 Å². The zero-order chi connectivity index (χ0) is 13.9. The van der Waals surface area contributed by atoms with E-state index in [-0.39, 0.29) is 5.78 Å². The van der Waals surface area contributed by atoms with Gasteiger partial charge < -0.3 is 4.74 Å². The molecular weight excluding hydrogens is 250 g/mol. The van der Waals surface area contributed by atoms with Crippen molar-refractivity contribution in [1.29, 1.82) is 0 Å². The third-order valence-electron chi connectivity index (χ3n) is 3.56. The lowest BCUT2D eigenvalue weighted by atomic mass is 9.90.